The summed E-state index contributed by atoms with van der Waals surface area (Å²) >= 11 is 0. The molecule has 0 bridgehead atoms. The van der Waals surface area contributed by atoms with E-state index in [9.17, 15) is 4.79 Å². The number of pyridine rings is 1. The Kier molecular flexibility index (Phi) is 4.73. The first kappa shape index (κ1) is 18.2. The van der Waals surface area contributed by atoms with Gasteiger partial charge >= 0.3 is 0 Å². The average molecular weight is 397 g/mol. The Bertz CT molecular complexity index is 903. The van der Waals surface area contributed by atoms with Gasteiger partial charge in [0.15, 0.2) is 17.3 Å². The summed E-state index contributed by atoms with van der Waals surface area (Å²) in [5.74, 6) is 1.50. The lowest BCUT2D eigenvalue weighted by Gasteiger charge is -2.38. The molecule has 152 valence electrons. The molecule has 8 heteroatoms. The summed E-state index contributed by atoms with van der Waals surface area (Å²) in [4.78, 5) is 19.4. The number of anilines is 2. The number of nitrogens with zero attached hydrogens (tertiary/aromatic N) is 2. The normalized spacial score (nSPS) is 19.9. The number of fused-ring (bicyclic) bond motifs is 1. The van der Waals surface area contributed by atoms with Crippen molar-refractivity contribution in [2.24, 2.45) is 0 Å². The fourth-order valence-corrected chi connectivity index (χ4v) is 3.92. The van der Waals surface area contributed by atoms with Crippen LogP contribution in [0.1, 0.15) is 23.2 Å². The maximum absolute atomic E-state index is 12.8. The van der Waals surface area contributed by atoms with E-state index >= 15 is 0 Å². The number of carbonyl (C=O) groups is 1. The quantitative estimate of drug-likeness (QED) is 0.852. The number of hydrogen-bond acceptors (Lipinski definition) is 7. The van der Waals surface area contributed by atoms with Gasteiger partial charge in [-0.3, -0.25) is 4.79 Å². The molecule has 1 spiro atoms. The van der Waals surface area contributed by atoms with Gasteiger partial charge in [0.1, 0.15) is 19.0 Å². The maximum Gasteiger partial charge on any atom is 0.255 e. The van der Waals surface area contributed by atoms with E-state index in [4.69, 9.17) is 18.9 Å². The van der Waals surface area contributed by atoms with Gasteiger partial charge in [-0.15, -0.1) is 0 Å². The zero-order valence-electron chi connectivity index (χ0n) is 16.1. The molecule has 1 aromatic heterocycles. The van der Waals surface area contributed by atoms with Gasteiger partial charge in [-0.2, -0.15) is 0 Å². The van der Waals surface area contributed by atoms with Crippen molar-refractivity contribution in [2.75, 3.05) is 49.7 Å². The highest BCUT2D eigenvalue weighted by molar-refractivity contribution is 6.04. The van der Waals surface area contributed by atoms with Crippen LogP contribution < -0.4 is 19.7 Å². The number of amides is 1. The maximum atomic E-state index is 12.8. The number of nitrogens with one attached hydrogen (secondary N) is 1. The summed E-state index contributed by atoms with van der Waals surface area (Å²) in [6, 6.07) is 8.92. The molecule has 3 aliphatic heterocycles. The van der Waals surface area contributed by atoms with Crippen LogP contribution in [-0.4, -0.2) is 56.2 Å². The second-order valence-electron chi connectivity index (χ2n) is 7.31. The lowest BCUT2D eigenvalue weighted by Crippen LogP contribution is -2.45. The summed E-state index contributed by atoms with van der Waals surface area (Å²) in [5.41, 5.74) is 1.21. The van der Waals surface area contributed by atoms with Gasteiger partial charge in [-0.05, 0) is 24.3 Å². The van der Waals surface area contributed by atoms with Crippen molar-refractivity contribution < 1.29 is 23.7 Å². The van der Waals surface area contributed by atoms with Gasteiger partial charge in [-0.1, -0.05) is 0 Å². The van der Waals surface area contributed by atoms with E-state index in [1.165, 1.54) is 0 Å². The van der Waals surface area contributed by atoms with Crippen LogP contribution >= 0.6 is 0 Å². The van der Waals surface area contributed by atoms with Gasteiger partial charge in [0.25, 0.3) is 5.91 Å². The van der Waals surface area contributed by atoms with Crippen LogP contribution in [0.15, 0.2) is 36.5 Å². The van der Waals surface area contributed by atoms with E-state index in [2.05, 4.69) is 15.2 Å². The topological polar surface area (TPSA) is 82.2 Å². The second-order valence-corrected chi connectivity index (χ2v) is 7.31. The molecule has 2 saturated heterocycles. The highest BCUT2D eigenvalue weighted by Gasteiger charge is 2.40. The number of ether oxygens (including phenoxy) is 4. The largest absolute Gasteiger partial charge is 0.486 e. The van der Waals surface area contributed by atoms with Crippen LogP contribution in [0.25, 0.3) is 0 Å². The van der Waals surface area contributed by atoms with Crippen LogP contribution in [0, 0.1) is 0 Å². The molecule has 0 unspecified atom stereocenters. The third-order valence-corrected chi connectivity index (χ3v) is 5.47. The number of benzene rings is 1. The van der Waals surface area contributed by atoms with Crippen molar-refractivity contribution in [3.8, 4) is 11.5 Å². The van der Waals surface area contributed by atoms with E-state index in [-0.39, 0.29) is 5.91 Å². The Morgan fingerprint density at radius 3 is 2.52 bits per heavy atom. The molecule has 2 fully saturated rings. The summed E-state index contributed by atoms with van der Waals surface area (Å²) in [7, 11) is 0. The first-order valence-electron chi connectivity index (χ1n) is 9.91. The van der Waals surface area contributed by atoms with Gasteiger partial charge in [0.05, 0.1) is 13.2 Å². The average Bonchev–Trinajstić information content (AvgIpc) is 3.22. The van der Waals surface area contributed by atoms with Crippen LogP contribution in [0.4, 0.5) is 11.5 Å². The Balaban J connectivity index is 1.26. The van der Waals surface area contributed by atoms with Crippen LogP contribution in [0.3, 0.4) is 0 Å². The molecule has 3 aliphatic rings. The van der Waals surface area contributed by atoms with Crippen LogP contribution in [0.2, 0.25) is 0 Å². The van der Waals surface area contributed by atoms with Crippen molar-refractivity contribution >= 4 is 17.4 Å². The molecule has 8 nitrogen and oxygen atoms in total. The molecule has 4 heterocycles. The molecule has 0 aliphatic carbocycles. The molecule has 1 amide bonds. The van der Waals surface area contributed by atoms with Crippen LogP contribution in [-0.2, 0) is 9.47 Å². The fourth-order valence-electron chi connectivity index (χ4n) is 3.92. The number of hydrogen-bond donors (Lipinski definition) is 1. The van der Waals surface area contributed by atoms with Gasteiger partial charge < -0.3 is 29.2 Å². The van der Waals surface area contributed by atoms with E-state index in [1.54, 1.807) is 30.5 Å². The predicted octanol–water partition coefficient (Wildman–Crippen LogP) is 2.45. The van der Waals surface area contributed by atoms with E-state index in [0.29, 0.717) is 49.2 Å². The number of aromatic nitrogens is 1. The molecule has 0 saturated carbocycles. The predicted molar refractivity (Wildman–Crippen MR) is 106 cm³/mol. The molecular weight excluding hydrogens is 374 g/mol. The first-order chi connectivity index (χ1) is 14.2. The van der Waals surface area contributed by atoms with E-state index in [1.807, 2.05) is 6.07 Å². The monoisotopic (exact) mass is 397 g/mol. The lowest BCUT2D eigenvalue weighted by molar-refractivity contribution is -0.169. The summed E-state index contributed by atoms with van der Waals surface area (Å²) in [6.07, 6.45) is 3.26. The number of carbonyl (C=O) groups excluding carboxylic acids is 1. The van der Waals surface area contributed by atoms with E-state index in [0.717, 1.165) is 31.7 Å². The Morgan fingerprint density at radius 1 is 0.966 bits per heavy atom. The Labute approximate surface area is 168 Å². The smallest absolute Gasteiger partial charge is 0.255 e. The zero-order valence-corrected chi connectivity index (χ0v) is 16.1. The summed E-state index contributed by atoms with van der Waals surface area (Å²) in [6.45, 7) is 3.92. The lowest BCUT2D eigenvalue weighted by atomic mass is 10.0. The Morgan fingerprint density at radius 2 is 1.72 bits per heavy atom. The standard InChI is InChI=1S/C21H23N3O5/c25-20(23-16-1-2-17-18(14-16)27-10-9-26-17)15-3-6-22-19(13-15)24-7-4-21(5-8-24)28-11-12-29-21/h1-3,6,13-14H,4-5,7-12H2,(H,23,25). The Hall–Kier alpha value is -2.84. The van der Waals surface area contributed by atoms with Crippen molar-refractivity contribution in [1.82, 2.24) is 4.98 Å². The van der Waals surface area contributed by atoms with Crippen molar-refractivity contribution in [3.05, 3.63) is 42.1 Å². The van der Waals surface area contributed by atoms with Gasteiger partial charge in [0.2, 0.25) is 0 Å². The molecule has 0 atom stereocenters. The highest BCUT2D eigenvalue weighted by atomic mass is 16.7. The zero-order chi connectivity index (χ0) is 19.7. The molecule has 5 rings (SSSR count). The SMILES string of the molecule is O=C(Nc1ccc2c(c1)OCCO2)c1ccnc(N2CCC3(CC2)OCCO3)c1. The molecule has 2 aromatic rings. The molecule has 29 heavy (non-hydrogen) atoms. The highest BCUT2D eigenvalue weighted by Crippen LogP contribution is 2.34. The minimum absolute atomic E-state index is 0.193. The third-order valence-electron chi connectivity index (χ3n) is 5.47. The minimum Gasteiger partial charge on any atom is -0.486 e. The molecule has 0 radical (unpaired) electrons. The molecule has 1 N–H and O–H groups in total. The van der Waals surface area contributed by atoms with Crippen molar-refractivity contribution in [2.45, 2.75) is 18.6 Å². The van der Waals surface area contributed by atoms with Crippen molar-refractivity contribution in [3.63, 3.8) is 0 Å². The fraction of sp³-hybridized carbons (Fsp3) is 0.429. The summed E-state index contributed by atoms with van der Waals surface area (Å²) < 4.78 is 22.7. The first-order valence-corrected chi connectivity index (χ1v) is 9.91. The minimum atomic E-state index is -0.427. The second kappa shape index (κ2) is 7.53. The molecular formula is C21H23N3O5. The third kappa shape index (κ3) is 3.73. The van der Waals surface area contributed by atoms with E-state index < -0.39 is 5.79 Å². The van der Waals surface area contributed by atoms with Crippen LogP contribution in [0.5, 0.6) is 11.5 Å². The number of rotatable bonds is 3. The summed E-state index contributed by atoms with van der Waals surface area (Å²) in [5, 5.41) is 2.92. The number of piperidine rings is 1. The van der Waals surface area contributed by atoms with Gasteiger partial charge in [-0.25, -0.2) is 4.98 Å². The van der Waals surface area contributed by atoms with Gasteiger partial charge in [0, 0.05) is 49.4 Å². The molecule has 1 aromatic carbocycles. The van der Waals surface area contributed by atoms with Crippen molar-refractivity contribution in [1.29, 1.82) is 0 Å².